The normalized spacial score (nSPS) is 10.3. The third-order valence-corrected chi connectivity index (χ3v) is 3.55. The molecule has 3 rings (SSSR count). The molecule has 0 aliphatic rings. The number of anilines is 2. The van der Waals surface area contributed by atoms with Gasteiger partial charge in [-0.25, -0.2) is 14.7 Å². The summed E-state index contributed by atoms with van der Waals surface area (Å²) in [5, 5.41) is 24.3. The lowest BCUT2D eigenvalue weighted by Crippen LogP contribution is -2.18. The number of fused-ring (bicyclic) bond motifs is 1. The highest BCUT2D eigenvalue weighted by Gasteiger charge is 2.16. The predicted octanol–water partition coefficient (Wildman–Crippen LogP) is 4.17. The summed E-state index contributed by atoms with van der Waals surface area (Å²) in [6.07, 6.45) is -0.945. The first-order chi connectivity index (χ1) is 12.5. The van der Waals surface area contributed by atoms with Gasteiger partial charge in [-0.2, -0.15) is 0 Å². The number of benzene rings is 3. The van der Waals surface area contributed by atoms with Gasteiger partial charge in [-0.15, -0.1) is 0 Å². The minimum Gasteiger partial charge on any atom is -0.507 e. The zero-order valence-electron chi connectivity index (χ0n) is 13.1. The van der Waals surface area contributed by atoms with Crippen molar-refractivity contribution in [1.29, 1.82) is 0 Å². The molecule has 0 aliphatic heterocycles. The van der Waals surface area contributed by atoms with Gasteiger partial charge in [-0.1, -0.05) is 24.3 Å². The summed E-state index contributed by atoms with van der Waals surface area (Å²) in [5.41, 5.74) is 1.75. The number of carbonyl (C=O) groups excluding carboxylic acids is 1. The molecule has 26 heavy (non-hydrogen) atoms. The summed E-state index contributed by atoms with van der Waals surface area (Å²) in [6.45, 7) is 0. The maximum atomic E-state index is 13.1. The molecule has 9 heteroatoms. The van der Waals surface area contributed by atoms with Gasteiger partial charge in [-0.3, -0.25) is 15.4 Å². The molecule has 0 heterocycles. The van der Waals surface area contributed by atoms with Crippen molar-refractivity contribution in [3.05, 3.63) is 70.5 Å². The number of aromatic hydroxyl groups is 1. The number of phenols is 1. The van der Waals surface area contributed by atoms with E-state index >= 15 is 0 Å². The van der Waals surface area contributed by atoms with E-state index in [1.807, 2.05) is 0 Å². The number of carbonyl (C=O) groups is 1. The van der Waals surface area contributed by atoms with Crippen molar-refractivity contribution in [2.24, 2.45) is 0 Å². The molecule has 0 spiro atoms. The molecule has 3 N–H and O–H groups in total. The van der Waals surface area contributed by atoms with Gasteiger partial charge in [-0.05, 0) is 24.3 Å². The fourth-order valence-corrected chi connectivity index (χ4v) is 2.38. The smallest absolute Gasteiger partial charge is 0.435 e. The van der Waals surface area contributed by atoms with E-state index in [1.54, 1.807) is 30.3 Å². The van der Waals surface area contributed by atoms with Gasteiger partial charge in [0, 0.05) is 10.8 Å². The lowest BCUT2D eigenvalue weighted by molar-refractivity contribution is -0.384. The van der Waals surface area contributed by atoms with Crippen molar-refractivity contribution in [2.45, 2.75) is 0 Å². The van der Waals surface area contributed by atoms with Crippen molar-refractivity contribution in [1.82, 2.24) is 0 Å². The lowest BCUT2D eigenvalue weighted by Gasteiger charge is -2.11. The van der Waals surface area contributed by atoms with E-state index in [4.69, 9.17) is 4.84 Å². The van der Waals surface area contributed by atoms with E-state index in [0.29, 0.717) is 22.5 Å². The third kappa shape index (κ3) is 3.46. The SMILES string of the molecule is O=C(Nc1cccc2c(O)cccc12)ONc1ccc(F)cc1[N+](=O)[O-]. The molecular weight excluding hydrogens is 345 g/mol. The number of nitro groups is 1. The van der Waals surface area contributed by atoms with Crippen molar-refractivity contribution >= 4 is 33.9 Å². The van der Waals surface area contributed by atoms with E-state index in [2.05, 4.69) is 10.8 Å². The Labute approximate surface area is 145 Å². The fraction of sp³-hybridized carbons (Fsp3) is 0. The molecule has 3 aromatic rings. The van der Waals surface area contributed by atoms with Crippen LogP contribution < -0.4 is 10.8 Å². The zero-order valence-corrected chi connectivity index (χ0v) is 13.1. The van der Waals surface area contributed by atoms with E-state index in [9.17, 15) is 24.4 Å². The van der Waals surface area contributed by atoms with Crippen molar-refractivity contribution in [3.63, 3.8) is 0 Å². The molecule has 3 aromatic carbocycles. The van der Waals surface area contributed by atoms with Gasteiger partial charge < -0.3 is 9.94 Å². The van der Waals surface area contributed by atoms with Crippen molar-refractivity contribution < 1.29 is 24.1 Å². The van der Waals surface area contributed by atoms with E-state index < -0.39 is 22.5 Å². The topological polar surface area (TPSA) is 114 Å². The van der Waals surface area contributed by atoms with Crippen LogP contribution in [0.4, 0.5) is 26.2 Å². The Kier molecular flexibility index (Phi) is 4.52. The largest absolute Gasteiger partial charge is 0.507 e. The van der Waals surface area contributed by atoms with Crippen LogP contribution in [-0.4, -0.2) is 16.1 Å². The first kappa shape index (κ1) is 17.0. The third-order valence-electron chi connectivity index (χ3n) is 3.55. The highest BCUT2D eigenvalue weighted by atomic mass is 19.1. The molecular formula is C17H12FN3O5. The number of amides is 1. The number of nitro benzene ring substituents is 1. The average Bonchev–Trinajstić information content (AvgIpc) is 2.61. The average molecular weight is 357 g/mol. The van der Waals surface area contributed by atoms with Gasteiger partial charge in [0.25, 0.3) is 5.69 Å². The van der Waals surface area contributed by atoms with Gasteiger partial charge in [0.2, 0.25) is 0 Å². The van der Waals surface area contributed by atoms with Crippen LogP contribution in [0.15, 0.2) is 54.6 Å². The molecule has 0 fully saturated rings. The van der Waals surface area contributed by atoms with Crippen LogP contribution in [-0.2, 0) is 4.84 Å². The van der Waals surface area contributed by atoms with Crippen LogP contribution in [0, 0.1) is 15.9 Å². The van der Waals surface area contributed by atoms with Crippen LogP contribution in [0.2, 0.25) is 0 Å². The van der Waals surface area contributed by atoms with Gasteiger partial charge in [0.15, 0.2) is 0 Å². The molecule has 0 aliphatic carbocycles. The Hall–Kier alpha value is -3.88. The van der Waals surface area contributed by atoms with E-state index in [1.165, 1.54) is 6.07 Å². The van der Waals surface area contributed by atoms with E-state index in [0.717, 1.165) is 12.1 Å². The molecule has 132 valence electrons. The monoisotopic (exact) mass is 357 g/mol. The molecule has 0 saturated carbocycles. The molecule has 0 radical (unpaired) electrons. The lowest BCUT2D eigenvalue weighted by atomic mass is 10.1. The van der Waals surface area contributed by atoms with Crippen LogP contribution in [0.1, 0.15) is 0 Å². The van der Waals surface area contributed by atoms with Gasteiger partial charge in [0.1, 0.15) is 17.3 Å². The zero-order chi connectivity index (χ0) is 18.7. The number of phenolic OH excluding ortho intramolecular Hbond substituents is 1. The summed E-state index contributed by atoms with van der Waals surface area (Å²) < 4.78 is 13.1. The summed E-state index contributed by atoms with van der Waals surface area (Å²) in [7, 11) is 0. The molecule has 0 unspecified atom stereocenters. The standard InChI is InChI=1S/C17H12FN3O5/c18-10-7-8-14(15(9-10)21(24)25)20-26-17(23)19-13-5-1-4-12-11(13)3-2-6-16(12)22/h1-9,20,22H,(H,19,23). The van der Waals surface area contributed by atoms with Crippen LogP contribution in [0.25, 0.3) is 10.8 Å². The quantitative estimate of drug-likeness (QED) is 0.477. The maximum Gasteiger partial charge on any atom is 0.435 e. The summed E-state index contributed by atoms with van der Waals surface area (Å²) in [6, 6.07) is 12.5. The minimum atomic E-state index is -0.945. The second-order valence-corrected chi connectivity index (χ2v) is 5.21. The summed E-state index contributed by atoms with van der Waals surface area (Å²) in [4.78, 5) is 26.8. The Morgan fingerprint density at radius 3 is 2.58 bits per heavy atom. The fourth-order valence-electron chi connectivity index (χ4n) is 2.38. The molecule has 0 bridgehead atoms. The number of rotatable bonds is 4. The molecule has 1 amide bonds. The van der Waals surface area contributed by atoms with Crippen LogP contribution in [0.5, 0.6) is 5.75 Å². The highest BCUT2D eigenvalue weighted by molar-refractivity contribution is 6.02. The van der Waals surface area contributed by atoms with Crippen LogP contribution >= 0.6 is 0 Å². The number of hydrogen-bond acceptors (Lipinski definition) is 6. The van der Waals surface area contributed by atoms with Crippen LogP contribution in [0.3, 0.4) is 0 Å². The van der Waals surface area contributed by atoms with E-state index in [-0.39, 0.29) is 11.4 Å². The number of nitrogens with zero attached hydrogens (tertiary/aromatic N) is 1. The summed E-state index contributed by atoms with van der Waals surface area (Å²) in [5.74, 6) is -0.734. The Morgan fingerprint density at radius 2 is 1.81 bits per heavy atom. The van der Waals surface area contributed by atoms with Crippen molar-refractivity contribution in [2.75, 3.05) is 10.8 Å². The molecule has 8 nitrogen and oxygen atoms in total. The minimum absolute atomic E-state index is 0.0552. The number of halogens is 1. The molecule has 0 saturated heterocycles. The number of hydrogen-bond donors (Lipinski definition) is 3. The maximum absolute atomic E-state index is 13.1. The highest BCUT2D eigenvalue weighted by Crippen LogP contribution is 2.30. The van der Waals surface area contributed by atoms with Crippen molar-refractivity contribution in [3.8, 4) is 5.75 Å². The Balaban J connectivity index is 1.75. The second kappa shape index (κ2) is 6.93. The van der Waals surface area contributed by atoms with Gasteiger partial charge >= 0.3 is 6.09 Å². The first-order valence-corrected chi connectivity index (χ1v) is 7.34. The summed E-state index contributed by atoms with van der Waals surface area (Å²) >= 11 is 0. The first-order valence-electron chi connectivity index (χ1n) is 7.34. The Morgan fingerprint density at radius 1 is 1.08 bits per heavy atom. The Bertz CT molecular complexity index is 1010. The number of nitrogens with one attached hydrogen (secondary N) is 2. The second-order valence-electron chi connectivity index (χ2n) is 5.21. The molecule has 0 atom stereocenters. The van der Waals surface area contributed by atoms with Gasteiger partial charge in [0.05, 0.1) is 16.7 Å². The predicted molar refractivity (Wildman–Crippen MR) is 92.4 cm³/mol. The molecule has 0 aromatic heterocycles.